The van der Waals surface area contributed by atoms with Gasteiger partial charge in [-0.05, 0) is 17.7 Å². The summed E-state index contributed by atoms with van der Waals surface area (Å²) in [6.07, 6.45) is -0.478. The molecule has 0 atom stereocenters. The third-order valence-corrected chi connectivity index (χ3v) is 1.27. The molecule has 1 aromatic carbocycles. The van der Waals surface area contributed by atoms with Crippen molar-refractivity contribution >= 4 is 5.97 Å². The van der Waals surface area contributed by atoms with Crippen LogP contribution < -0.4 is 5.11 Å². The van der Waals surface area contributed by atoms with Crippen LogP contribution >= 0.6 is 0 Å². The molecule has 12 heavy (non-hydrogen) atoms. The van der Waals surface area contributed by atoms with E-state index in [1.54, 1.807) is 0 Å². The Labute approximate surface area is 67.4 Å². The second kappa shape index (κ2) is 3.30. The molecule has 0 fully saturated rings. The molecule has 2 nitrogen and oxygen atoms in total. The number of carbonyl (C=O) groups excluding carboxylic acids is 1. The standard InChI is InChI=1S/C8H6F2O2/c9-6-1-5(3-8(11)12)2-7(10)4-6/h1-2,4H,3H2,(H,11,12)/p-1. The minimum atomic E-state index is -1.36. The van der Waals surface area contributed by atoms with Gasteiger partial charge < -0.3 is 9.90 Å². The highest BCUT2D eigenvalue weighted by Crippen LogP contribution is 2.07. The van der Waals surface area contributed by atoms with Crippen LogP contribution in [0.2, 0.25) is 0 Å². The summed E-state index contributed by atoms with van der Waals surface area (Å²) in [5.74, 6) is -2.93. The van der Waals surface area contributed by atoms with Gasteiger partial charge in [-0.2, -0.15) is 0 Å². The van der Waals surface area contributed by atoms with Crippen LogP contribution in [-0.4, -0.2) is 5.97 Å². The van der Waals surface area contributed by atoms with Gasteiger partial charge in [0.1, 0.15) is 11.6 Å². The van der Waals surface area contributed by atoms with Gasteiger partial charge in [0.15, 0.2) is 0 Å². The molecule has 64 valence electrons. The maximum Gasteiger partial charge on any atom is 0.126 e. The first kappa shape index (κ1) is 8.64. The first-order chi connectivity index (χ1) is 5.58. The van der Waals surface area contributed by atoms with Crippen molar-refractivity contribution in [3.8, 4) is 0 Å². The van der Waals surface area contributed by atoms with E-state index >= 15 is 0 Å². The van der Waals surface area contributed by atoms with Crippen molar-refractivity contribution in [3.05, 3.63) is 35.4 Å². The normalized spacial score (nSPS) is 9.83. The van der Waals surface area contributed by atoms with Crippen molar-refractivity contribution < 1.29 is 18.7 Å². The predicted octanol–water partition coefficient (Wildman–Crippen LogP) is 0.257. The topological polar surface area (TPSA) is 40.1 Å². The highest BCUT2D eigenvalue weighted by molar-refractivity contribution is 5.67. The van der Waals surface area contributed by atoms with Crippen LogP contribution in [-0.2, 0) is 11.2 Å². The Morgan fingerprint density at radius 2 is 1.75 bits per heavy atom. The molecule has 0 aliphatic carbocycles. The summed E-state index contributed by atoms with van der Waals surface area (Å²) in [6.45, 7) is 0. The number of rotatable bonds is 2. The van der Waals surface area contributed by atoms with Gasteiger partial charge in [0, 0.05) is 18.5 Å². The molecule has 0 saturated heterocycles. The molecule has 0 N–H and O–H groups in total. The number of aliphatic carboxylic acids is 1. The molecule has 0 radical (unpaired) electrons. The number of carbonyl (C=O) groups is 1. The maximum atomic E-state index is 12.4. The van der Waals surface area contributed by atoms with E-state index in [2.05, 4.69) is 0 Å². The lowest BCUT2D eigenvalue weighted by molar-refractivity contribution is -0.304. The van der Waals surface area contributed by atoms with Crippen LogP contribution in [0.5, 0.6) is 0 Å². The van der Waals surface area contributed by atoms with Gasteiger partial charge in [0.05, 0.1) is 0 Å². The fraction of sp³-hybridized carbons (Fsp3) is 0.125. The van der Waals surface area contributed by atoms with E-state index in [0.29, 0.717) is 6.07 Å². The van der Waals surface area contributed by atoms with E-state index in [-0.39, 0.29) is 5.56 Å². The number of carboxylic acid groups (broad SMARTS) is 1. The summed E-state index contributed by atoms with van der Waals surface area (Å²) in [6, 6.07) is 2.59. The monoisotopic (exact) mass is 171 g/mol. The van der Waals surface area contributed by atoms with Gasteiger partial charge in [-0.3, -0.25) is 0 Å². The molecule has 0 unspecified atom stereocenters. The Balaban J connectivity index is 2.93. The van der Waals surface area contributed by atoms with E-state index in [1.165, 1.54) is 0 Å². The van der Waals surface area contributed by atoms with Gasteiger partial charge in [-0.25, -0.2) is 8.78 Å². The Hall–Kier alpha value is -1.45. The zero-order valence-corrected chi connectivity index (χ0v) is 6.01. The van der Waals surface area contributed by atoms with E-state index in [9.17, 15) is 18.7 Å². The molecule has 0 aliphatic rings. The summed E-state index contributed by atoms with van der Waals surface area (Å²) in [7, 11) is 0. The number of halogens is 2. The lowest BCUT2D eigenvalue weighted by Gasteiger charge is -2.02. The Bertz CT molecular complexity index is 290. The average Bonchev–Trinajstić information content (AvgIpc) is 1.81. The van der Waals surface area contributed by atoms with Crippen LogP contribution in [0.1, 0.15) is 5.56 Å². The van der Waals surface area contributed by atoms with Crippen molar-refractivity contribution in [3.63, 3.8) is 0 Å². The Morgan fingerprint density at radius 1 is 1.25 bits per heavy atom. The SMILES string of the molecule is O=C([O-])Cc1cc(F)cc(F)c1. The smallest absolute Gasteiger partial charge is 0.126 e. The van der Waals surface area contributed by atoms with E-state index in [4.69, 9.17) is 0 Å². The molecular weight excluding hydrogens is 166 g/mol. The molecule has 4 heteroatoms. The molecule has 0 aromatic heterocycles. The lowest BCUT2D eigenvalue weighted by atomic mass is 10.1. The molecule has 0 aliphatic heterocycles. The van der Waals surface area contributed by atoms with Crippen molar-refractivity contribution in [2.45, 2.75) is 6.42 Å². The zero-order chi connectivity index (χ0) is 9.14. The van der Waals surface area contributed by atoms with Crippen LogP contribution in [0.25, 0.3) is 0 Å². The second-order valence-corrected chi connectivity index (χ2v) is 2.33. The Morgan fingerprint density at radius 3 is 2.17 bits per heavy atom. The van der Waals surface area contributed by atoms with E-state index < -0.39 is 24.0 Å². The quantitative estimate of drug-likeness (QED) is 0.640. The predicted molar refractivity (Wildman–Crippen MR) is 35.1 cm³/mol. The molecule has 0 saturated carbocycles. The van der Waals surface area contributed by atoms with Crippen molar-refractivity contribution in [1.29, 1.82) is 0 Å². The summed E-state index contributed by atoms with van der Waals surface area (Å²) >= 11 is 0. The molecule has 0 heterocycles. The van der Waals surface area contributed by atoms with Gasteiger partial charge in [0.2, 0.25) is 0 Å². The lowest BCUT2D eigenvalue weighted by Crippen LogP contribution is -2.24. The first-order valence-corrected chi connectivity index (χ1v) is 3.23. The van der Waals surface area contributed by atoms with Crippen LogP contribution in [0.15, 0.2) is 18.2 Å². The second-order valence-electron chi connectivity index (χ2n) is 2.33. The van der Waals surface area contributed by atoms with Crippen LogP contribution in [0, 0.1) is 11.6 Å². The highest BCUT2D eigenvalue weighted by atomic mass is 19.1. The van der Waals surface area contributed by atoms with E-state index in [0.717, 1.165) is 12.1 Å². The molecule has 1 aromatic rings. The van der Waals surface area contributed by atoms with Crippen LogP contribution in [0.4, 0.5) is 8.78 Å². The Kier molecular flexibility index (Phi) is 2.38. The summed E-state index contributed by atoms with van der Waals surface area (Å²) in [5.41, 5.74) is 0.0625. The van der Waals surface area contributed by atoms with Crippen molar-refractivity contribution in [2.75, 3.05) is 0 Å². The van der Waals surface area contributed by atoms with Gasteiger partial charge in [-0.1, -0.05) is 0 Å². The molecule has 0 spiro atoms. The van der Waals surface area contributed by atoms with Crippen molar-refractivity contribution in [1.82, 2.24) is 0 Å². The van der Waals surface area contributed by atoms with Gasteiger partial charge >= 0.3 is 0 Å². The maximum absolute atomic E-state index is 12.4. The third-order valence-electron chi connectivity index (χ3n) is 1.27. The average molecular weight is 171 g/mol. The number of benzene rings is 1. The minimum Gasteiger partial charge on any atom is -0.550 e. The third kappa shape index (κ3) is 2.30. The summed E-state index contributed by atoms with van der Waals surface area (Å²) < 4.78 is 24.9. The molecular formula is C8H5F2O2-. The zero-order valence-electron chi connectivity index (χ0n) is 6.01. The van der Waals surface area contributed by atoms with Gasteiger partial charge in [-0.15, -0.1) is 0 Å². The molecule has 1 rings (SSSR count). The fourth-order valence-electron chi connectivity index (χ4n) is 0.880. The molecule has 0 amide bonds. The van der Waals surface area contributed by atoms with Crippen molar-refractivity contribution in [2.24, 2.45) is 0 Å². The number of carboxylic acids is 1. The summed E-state index contributed by atoms with van der Waals surface area (Å²) in [4.78, 5) is 10.0. The first-order valence-electron chi connectivity index (χ1n) is 3.23. The fourth-order valence-corrected chi connectivity index (χ4v) is 0.880. The minimum absolute atomic E-state index is 0.0625. The largest absolute Gasteiger partial charge is 0.550 e. The number of hydrogen-bond donors (Lipinski definition) is 0. The van der Waals surface area contributed by atoms with E-state index in [1.807, 2.05) is 0 Å². The number of hydrogen-bond acceptors (Lipinski definition) is 2. The van der Waals surface area contributed by atoms with Gasteiger partial charge in [0.25, 0.3) is 0 Å². The highest BCUT2D eigenvalue weighted by Gasteiger charge is 1.99. The molecule has 0 bridgehead atoms. The summed E-state index contributed by atoms with van der Waals surface area (Å²) in [5, 5.41) is 10.0. The van der Waals surface area contributed by atoms with Crippen LogP contribution in [0.3, 0.4) is 0 Å².